The molecule has 2 N–H and O–H groups in total. The Hall–Kier alpha value is -1.66. The number of piperidine rings is 3. The van der Waals surface area contributed by atoms with Gasteiger partial charge >= 0.3 is 0 Å². The maximum absolute atomic E-state index is 11.2. The van der Waals surface area contributed by atoms with Crippen molar-refractivity contribution < 1.29 is 27.4 Å². The molecule has 0 radical (unpaired) electrons. The molecule has 4 atom stereocenters. The minimum absolute atomic E-state index is 0. The molecule has 27 heavy (non-hydrogen) atoms. The van der Waals surface area contributed by atoms with E-state index in [-0.39, 0.29) is 31.7 Å². The van der Waals surface area contributed by atoms with E-state index in [1.165, 1.54) is 12.0 Å². The van der Waals surface area contributed by atoms with Crippen LogP contribution in [-0.2, 0) is 0 Å². The summed E-state index contributed by atoms with van der Waals surface area (Å²) in [6, 6.07) is 7.74. The van der Waals surface area contributed by atoms with Gasteiger partial charge in [0.25, 0.3) is 0 Å². The van der Waals surface area contributed by atoms with Crippen molar-refractivity contribution in [2.24, 2.45) is 5.92 Å². The highest BCUT2D eigenvalue weighted by molar-refractivity contribution is 5.84. The smallest absolute Gasteiger partial charge is 0.120 e. The number of allylic oxidation sites excluding steroid dienone is 1. The molecular weight excluding hydrogens is 364 g/mol. The summed E-state index contributed by atoms with van der Waals surface area (Å²) in [5, 5.41) is 21.1. The monoisotopic (exact) mass is 389 g/mol. The van der Waals surface area contributed by atoms with E-state index in [9.17, 15) is 5.11 Å². The van der Waals surface area contributed by atoms with Gasteiger partial charge in [0, 0.05) is 24.2 Å². The van der Waals surface area contributed by atoms with Gasteiger partial charge in [-0.25, -0.2) is 0 Å². The highest BCUT2D eigenvalue weighted by Crippen LogP contribution is 2.41. The Kier molecular flexibility index (Phi) is 6.37. The molecule has 4 heterocycles. The summed E-state index contributed by atoms with van der Waals surface area (Å²) >= 11 is 0. The van der Waals surface area contributed by atoms with Crippen molar-refractivity contribution in [1.82, 2.24) is 9.88 Å². The van der Waals surface area contributed by atoms with E-state index >= 15 is 0 Å². The van der Waals surface area contributed by atoms with Crippen LogP contribution in [-0.4, -0.2) is 52.4 Å². The quantitative estimate of drug-likeness (QED) is 0.686. The minimum atomic E-state index is -0.546. The van der Waals surface area contributed by atoms with Gasteiger partial charge in [0.1, 0.15) is 12.4 Å². The Morgan fingerprint density at radius 3 is 2.93 bits per heavy atom. The zero-order valence-electron chi connectivity index (χ0n) is 15.5. The van der Waals surface area contributed by atoms with Gasteiger partial charge < -0.3 is 27.4 Å². The maximum Gasteiger partial charge on any atom is 0.120 e. The van der Waals surface area contributed by atoms with Crippen molar-refractivity contribution in [2.75, 3.05) is 26.3 Å². The number of rotatable bonds is 5. The molecule has 3 saturated heterocycles. The predicted molar refractivity (Wildman–Crippen MR) is 101 cm³/mol. The van der Waals surface area contributed by atoms with Crippen LogP contribution in [0, 0.1) is 5.92 Å². The number of benzene rings is 1. The van der Waals surface area contributed by atoms with E-state index in [0.717, 1.165) is 36.0 Å². The number of halogens is 1. The first-order valence-electron chi connectivity index (χ1n) is 9.40. The lowest BCUT2D eigenvalue weighted by atomic mass is 9.76. The van der Waals surface area contributed by atoms with Gasteiger partial charge in [-0.15, -0.1) is 0 Å². The molecule has 2 aromatic rings. The van der Waals surface area contributed by atoms with Crippen LogP contribution in [0.1, 0.15) is 31.4 Å². The SMILES string of the molecule is CC=C1CN2CCC1CC2C(O)c1ccnc2ccc(OCCO)cc12.[Cl-]. The molecule has 3 aliphatic rings. The molecule has 5 rings (SSSR count). The van der Waals surface area contributed by atoms with Crippen molar-refractivity contribution in [2.45, 2.75) is 31.9 Å². The summed E-state index contributed by atoms with van der Waals surface area (Å²) in [7, 11) is 0. The second kappa shape index (κ2) is 8.57. The number of nitrogens with zero attached hydrogens (tertiary/aromatic N) is 2. The van der Waals surface area contributed by atoms with Crippen LogP contribution in [0.2, 0.25) is 0 Å². The number of aliphatic hydroxyl groups excluding tert-OH is 2. The molecular formula is C21H26ClN2O3-. The number of pyridine rings is 1. The average molecular weight is 390 g/mol. The highest BCUT2D eigenvalue weighted by atomic mass is 35.5. The van der Waals surface area contributed by atoms with Crippen LogP contribution >= 0.6 is 0 Å². The van der Waals surface area contributed by atoms with Crippen LogP contribution in [0.3, 0.4) is 0 Å². The number of aromatic nitrogens is 1. The van der Waals surface area contributed by atoms with Crippen molar-refractivity contribution in [3.05, 3.63) is 47.7 Å². The standard InChI is InChI=1S/C21H26N2O3.ClH/c1-2-14-13-23-8-6-15(14)11-20(23)21(25)17-5-7-22-19-4-3-16(12-18(17)19)26-10-9-24;/h2-5,7,12,15,20-21,24-25H,6,8-11,13H2,1H3;1H/p-1. The number of aliphatic hydroxyl groups is 2. The van der Waals surface area contributed by atoms with Crippen molar-refractivity contribution in [1.29, 1.82) is 0 Å². The second-order valence-corrected chi connectivity index (χ2v) is 7.22. The lowest BCUT2D eigenvalue weighted by molar-refractivity contribution is -0.00342. The molecule has 3 aliphatic heterocycles. The van der Waals surface area contributed by atoms with Gasteiger partial charge in [0.05, 0.1) is 18.2 Å². The molecule has 0 saturated carbocycles. The van der Waals surface area contributed by atoms with Crippen molar-refractivity contribution in [3.8, 4) is 5.75 Å². The van der Waals surface area contributed by atoms with E-state index < -0.39 is 6.10 Å². The summed E-state index contributed by atoms with van der Waals surface area (Å²) in [6.45, 7) is 4.38. The largest absolute Gasteiger partial charge is 1.00 e. The highest BCUT2D eigenvalue weighted by Gasteiger charge is 2.40. The van der Waals surface area contributed by atoms with Crippen LogP contribution < -0.4 is 17.1 Å². The molecule has 6 heteroatoms. The van der Waals surface area contributed by atoms with Gasteiger partial charge in [-0.3, -0.25) is 9.88 Å². The molecule has 2 bridgehead atoms. The third-order valence-electron chi connectivity index (χ3n) is 5.83. The molecule has 4 unspecified atom stereocenters. The molecule has 5 nitrogen and oxygen atoms in total. The molecule has 146 valence electrons. The van der Waals surface area contributed by atoms with Gasteiger partial charge in [0.2, 0.25) is 0 Å². The average Bonchev–Trinajstić information content (AvgIpc) is 2.71. The Balaban J connectivity index is 0.00000210. The fourth-order valence-electron chi connectivity index (χ4n) is 4.46. The molecule has 0 aliphatic carbocycles. The predicted octanol–water partition coefficient (Wildman–Crippen LogP) is -0.316. The van der Waals surface area contributed by atoms with E-state index in [0.29, 0.717) is 11.7 Å². The van der Waals surface area contributed by atoms with Gasteiger partial charge in [0.15, 0.2) is 0 Å². The molecule has 0 amide bonds. The lowest BCUT2D eigenvalue weighted by Gasteiger charge is -2.48. The van der Waals surface area contributed by atoms with Crippen LogP contribution in [0.4, 0.5) is 0 Å². The van der Waals surface area contributed by atoms with E-state index in [1.807, 2.05) is 24.3 Å². The summed E-state index contributed by atoms with van der Waals surface area (Å²) < 4.78 is 5.54. The lowest BCUT2D eigenvalue weighted by Crippen LogP contribution is -3.00. The van der Waals surface area contributed by atoms with Crippen molar-refractivity contribution >= 4 is 10.9 Å². The van der Waals surface area contributed by atoms with E-state index in [4.69, 9.17) is 9.84 Å². The summed E-state index contributed by atoms with van der Waals surface area (Å²) in [5.74, 6) is 1.29. The first kappa shape index (κ1) is 20.1. The van der Waals surface area contributed by atoms with E-state index in [1.54, 1.807) is 6.20 Å². The van der Waals surface area contributed by atoms with Crippen molar-refractivity contribution in [3.63, 3.8) is 0 Å². The van der Waals surface area contributed by atoms with Gasteiger partial charge in [-0.1, -0.05) is 11.6 Å². The Bertz CT molecular complexity index is 826. The third-order valence-corrected chi connectivity index (χ3v) is 5.83. The number of ether oxygens (including phenoxy) is 1. The number of hydrogen-bond acceptors (Lipinski definition) is 5. The normalized spacial score (nSPS) is 26.8. The van der Waals surface area contributed by atoms with Gasteiger partial charge in [-0.05, 0) is 62.1 Å². The van der Waals surface area contributed by atoms with Crippen LogP contribution in [0.25, 0.3) is 10.9 Å². The fourth-order valence-corrected chi connectivity index (χ4v) is 4.46. The minimum Gasteiger partial charge on any atom is -1.00 e. The third kappa shape index (κ3) is 3.83. The topological polar surface area (TPSA) is 65.8 Å². The zero-order valence-corrected chi connectivity index (χ0v) is 16.3. The first-order valence-corrected chi connectivity index (χ1v) is 9.40. The second-order valence-electron chi connectivity index (χ2n) is 7.22. The van der Waals surface area contributed by atoms with E-state index in [2.05, 4.69) is 22.9 Å². The number of fused-ring (bicyclic) bond motifs is 4. The molecule has 3 fully saturated rings. The van der Waals surface area contributed by atoms with Gasteiger partial charge in [-0.2, -0.15) is 0 Å². The Labute approximate surface area is 166 Å². The first-order chi connectivity index (χ1) is 12.7. The Morgan fingerprint density at radius 1 is 1.37 bits per heavy atom. The van der Waals surface area contributed by atoms with Crippen LogP contribution in [0.15, 0.2) is 42.1 Å². The zero-order chi connectivity index (χ0) is 18.1. The number of hydrogen-bond donors (Lipinski definition) is 2. The molecule has 1 aromatic carbocycles. The Morgan fingerprint density at radius 2 is 2.22 bits per heavy atom. The van der Waals surface area contributed by atoms with Crippen LogP contribution in [0.5, 0.6) is 5.75 Å². The molecule has 0 spiro atoms. The summed E-state index contributed by atoms with van der Waals surface area (Å²) in [4.78, 5) is 6.84. The maximum atomic E-state index is 11.2. The summed E-state index contributed by atoms with van der Waals surface area (Å²) in [5.41, 5.74) is 3.27. The molecule has 1 aromatic heterocycles. The summed E-state index contributed by atoms with van der Waals surface area (Å²) in [6.07, 6.45) is 5.66. The fraction of sp³-hybridized carbons (Fsp3) is 0.476.